The molecule has 1 N–H and O–H groups in total. The van der Waals surface area contributed by atoms with E-state index in [1.807, 2.05) is 4.90 Å². The summed E-state index contributed by atoms with van der Waals surface area (Å²) in [5.41, 5.74) is -0.610. The Hall–Kier alpha value is -2.59. The fraction of sp³-hybridized carbons (Fsp3) is 0.409. The summed E-state index contributed by atoms with van der Waals surface area (Å²) in [6.45, 7) is 4.47. The van der Waals surface area contributed by atoms with Crippen LogP contribution < -0.4 is 10.2 Å². The van der Waals surface area contributed by atoms with Crippen LogP contribution in [0.25, 0.3) is 0 Å². The third-order valence-corrected chi connectivity index (χ3v) is 7.48. The van der Waals surface area contributed by atoms with Crippen LogP contribution in [-0.4, -0.2) is 45.9 Å². The number of nitrogens with zero attached hydrogens (tertiary/aromatic N) is 1. The van der Waals surface area contributed by atoms with E-state index in [0.717, 1.165) is 6.07 Å². The van der Waals surface area contributed by atoms with Gasteiger partial charge in [-0.1, -0.05) is 18.2 Å². The molecule has 6 nitrogen and oxygen atoms in total. The fourth-order valence-electron chi connectivity index (χ4n) is 3.43. The number of carbonyl (C=O) groups excluding carboxylic acids is 1. The predicted molar refractivity (Wildman–Crippen MR) is 114 cm³/mol. The number of amides is 1. The van der Waals surface area contributed by atoms with Crippen molar-refractivity contribution in [1.82, 2.24) is 5.32 Å². The van der Waals surface area contributed by atoms with E-state index in [1.54, 1.807) is 6.07 Å². The van der Waals surface area contributed by atoms with Crippen molar-refractivity contribution < 1.29 is 31.1 Å². The Kier molecular flexibility index (Phi) is 7.14. The summed E-state index contributed by atoms with van der Waals surface area (Å²) in [6.07, 6.45) is -4.61. The van der Waals surface area contributed by atoms with Crippen LogP contribution in [0.4, 0.5) is 18.9 Å². The molecular weight excluding hydrogens is 445 g/mol. The van der Waals surface area contributed by atoms with Crippen molar-refractivity contribution >= 4 is 21.4 Å². The summed E-state index contributed by atoms with van der Waals surface area (Å²) in [7, 11) is -3.74. The largest absolute Gasteiger partial charge is 0.416 e. The first-order valence-corrected chi connectivity index (χ1v) is 11.7. The van der Waals surface area contributed by atoms with Crippen molar-refractivity contribution in [1.29, 1.82) is 0 Å². The highest BCUT2D eigenvalue weighted by Gasteiger charge is 2.34. The zero-order chi connectivity index (χ0) is 23.5. The molecule has 1 aliphatic rings. The molecule has 0 saturated carbocycles. The molecule has 1 aliphatic heterocycles. The topological polar surface area (TPSA) is 75.7 Å². The van der Waals surface area contributed by atoms with Crippen LogP contribution in [-0.2, 0) is 27.3 Å². The zero-order valence-corrected chi connectivity index (χ0v) is 18.6. The van der Waals surface area contributed by atoms with Crippen molar-refractivity contribution in [2.45, 2.75) is 36.7 Å². The lowest BCUT2D eigenvalue weighted by atomic mass is 10.0. The van der Waals surface area contributed by atoms with Gasteiger partial charge >= 0.3 is 6.18 Å². The molecule has 0 aromatic heterocycles. The summed E-state index contributed by atoms with van der Waals surface area (Å²) in [6, 6.07) is 9.66. The van der Waals surface area contributed by atoms with Crippen molar-refractivity contribution in [3.63, 3.8) is 0 Å². The van der Waals surface area contributed by atoms with Crippen LogP contribution in [0, 0.1) is 0 Å². The third-order valence-electron chi connectivity index (χ3n) is 5.27. The lowest BCUT2D eigenvalue weighted by Gasteiger charge is -2.29. The summed E-state index contributed by atoms with van der Waals surface area (Å²) in [5, 5.41) is 1.69. The van der Waals surface area contributed by atoms with Gasteiger partial charge in [-0.3, -0.25) is 4.79 Å². The number of carbonyl (C=O) groups is 1. The molecule has 1 saturated heterocycles. The average molecular weight is 471 g/mol. The molecule has 0 unspecified atom stereocenters. The van der Waals surface area contributed by atoms with Gasteiger partial charge in [0.25, 0.3) is 5.91 Å². The van der Waals surface area contributed by atoms with Crippen LogP contribution in [0.5, 0.6) is 0 Å². The Bertz CT molecular complexity index is 1080. The van der Waals surface area contributed by atoms with Crippen LogP contribution in [0.15, 0.2) is 47.4 Å². The number of ether oxygens (including phenoxy) is 1. The number of hydrogen-bond donors (Lipinski definition) is 1. The van der Waals surface area contributed by atoms with E-state index in [2.05, 4.69) is 5.32 Å². The Morgan fingerprint density at radius 3 is 2.41 bits per heavy atom. The van der Waals surface area contributed by atoms with E-state index in [9.17, 15) is 26.4 Å². The number of hydrogen-bond acceptors (Lipinski definition) is 5. The minimum atomic E-state index is -4.61. The second-order valence-electron chi connectivity index (χ2n) is 7.71. The Balaban J connectivity index is 1.85. The van der Waals surface area contributed by atoms with Crippen molar-refractivity contribution in [2.75, 3.05) is 31.2 Å². The molecule has 1 fully saturated rings. The van der Waals surface area contributed by atoms with Crippen molar-refractivity contribution in [3.05, 3.63) is 59.2 Å². The summed E-state index contributed by atoms with van der Waals surface area (Å²) in [4.78, 5) is 14.4. The van der Waals surface area contributed by atoms with Gasteiger partial charge in [0.15, 0.2) is 9.84 Å². The van der Waals surface area contributed by atoms with Gasteiger partial charge in [0.05, 0.1) is 34.5 Å². The highest BCUT2D eigenvalue weighted by atomic mass is 32.2. The van der Waals surface area contributed by atoms with Gasteiger partial charge in [0, 0.05) is 25.3 Å². The van der Waals surface area contributed by atoms with E-state index >= 15 is 0 Å². The number of morpholine rings is 1. The number of rotatable bonds is 6. The van der Waals surface area contributed by atoms with Gasteiger partial charge < -0.3 is 15.0 Å². The maximum Gasteiger partial charge on any atom is 0.416 e. The predicted octanol–water partition coefficient (Wildman–Crippen LogP) is 3.65. The number of nitrogens with one attached hydrogen (secondary N) is 1. The molecule has 174 valence electrons. The number of benzene rings is 2. The number of sulfone groups is 1. The molecule has 2 aromatic rings. The second-order valence-corrected chi connectivity index (χ2v) is 10.2. The van der Waals surface area contributed by atoms with Gasteiger partial charge in [0.1, 0.15) is 0 Å². The van der Waals surface area contributed by atoms with Crippen molar-refractivity contribution in [3.8, 4) is 0 Å². The van der Waals surface area contributed by atoms with Crippen LogP contribution in [0.2, 0.25) is 0 Å². The lowest BCUT2D eigenvalue weighted by molar-refractivity contribution is -0.138. The molecule has 32 heavy (non-hydrogen) atoms. The number of halogens is 3. The fourth-order valence-corrected chi connectivity index (χ4v) is 4.67. The highest BCUT2D eigenvalue weighted by molar-refractivity contribution is 7.92. The maximum absolute atomic E-state index is 13.7. The molecule has 3 rings (SSSR count). The van der Waals surface area contributed by atoms with E-state index in [-0.39, 0.29) is 16.0 Å². The van der Waals surface area contributed by atoms with E-state index < -0.39 is 39.3 Å². The average Bonchev–Trinajstić information content (AvgIpc) is 2.77. The summed E-state index contributed by atoms with van der Waals surface area (Å²) in [5.74, 6) is -0.754. The quantitative estimate of drug-likeness (QED) is 0.698. The molecule has 0 spiro atoms. The molecule has 1 heterocycles. The second kappa shape index (κ2) is 9.50. The first-order chi connectivity index (χ1) is 15.0. The summed E-state index contributed by atoms with van der Waals surface area (Å²) < 4.78 is 71.5. The lowest BCUT2D eigenvalue weighted by Crippen LogP contribution is -2.36. The van der Waals surface area contributed by atoms with Crippen LogP contribution in [0.1, 0.15) is 35.3 Å². The van der Waals surface area contributed by atoms with Crippen LogP contribution >= 0.6 is 0 Å². The third kappa shape index (κ3) is 5.24. The monoisotopic (exact) mass is 470 g/mol. The van der Waals surface area contributed by atoms with E-state index in [4.69, 9.17) is 4.74 Å². The van der Waals surface area contributed by atoms with Gasteiger partial charge in [-0.25, -0.2) is 8.42 Å². The number of alkyl halides is 3. The Labute approximate surface area is 185 Å². The smallest absolute Gasteiger partial charge is 0.378 e. The molecule has 2 aromatic carbocycles. The molecule has 1 amide bonds. The van der Waals surface area contributed by atoms with Gasteiger partial charge in [0.2, 0.25) is 0 Å². The van der Waals surface area contributed by atoms with Gasteiger partial charge in [-0.05, 0) is 43.7 Å². The van der Waals surface area contributed by atoms with Gasteiger partial charge in [-0.15, -0.1) is 0 Å². The van der Waals surface area contributed by atoms with E-state index in [0.29, 0.717) is 32.0 Å². The minimum Gasteiger partial charge on any atom is -0.378 e. The Morgan fingerprint density at radius 2 is 1.78 bits per heavy atom. The molecule has 0 atom stereocenters. The number of anilines is 1. The molecule has 0 aliphatic carbocycles. The molecular formula is C22H25F3N2O4S. The summed E-state index contributed by atoms with van der Waals surface area (Å²) >= 11 is 0. The molecule has 0 radical (unpaired) electrons. The zero-order valence-electron chi connectivity index (χ0n) is 17.8. The minimum absolute atomic E-state index is 0.0975. The standard InChI is InChI=1S/C22H25F3N2O4S/c1-15(2)32(29,30)20-6-4-3-5-18(20)21(28)26-14-16-7-8-17(13-19(16)22(23,24)25)27-9-11-31-12-10-27/h3-8,13,15H,9-12,14H2,1-2H3,(H,26,28). The Morgan fingerprint density at radius 1 is 1.12 bits per heavy atom. The normalized spacial score (nSPS) is 15.1. The van der Waals surface area contributed by atoms with Crippen LogP contribution in [0.3, 0.4) is 0 Å². The highest BCUT2D eigenvalue weighted by Crippen LogP contribution is 2.35. The first-order valence-electron chi connectivity index (χ1n) is 10.2. The van der Waals surface area contributed by atoms with E-state index in [1.165, 1.54) is 44.2 Å². The molecule has 0 bridgehead atoms. The maximum atomic E-state index is 13.7. The van der Waals surface area contributed by atoms with Crippen molar-refractivity contribution in [2.24, 2.45) is 0 Å². The van der Waals surface area contributed by atoms with Gasteiger partial charge in [-0.2, -0.15) is 13.2 Å². The molecule has 10 heteroatoms. The first kappa shape index (κ1) is 24.1. The SMILES string of the molecule is CC(C)S(=O)(=O)c1ccccc1C(=O)NCc1ccc(N2CCOCC2)cc1C(F)(F)F.